The van der Waals surface area contributed by atoms with Crippen LogP contribution in [-0.4, -0.2) is 15.9 Å². The molecular formula is C12H13Cl2N3OS. The largest absolute Gasteiger partial charge is 0.368 e. The van der Waals surface area contributed by atoms with Gasteiger partial charge in [0.1, 0.15) is 5.25 Å². The molecule has 0 aliphatic rings. The van der Waals surface area contributed by atoms with Gasteiger partial charge >= 0.3 is 0 Å². The van der Waals surface area contributed by atoms with Crippen LogP contribution in [0.3, 0.4) is 0 Å². The minimum absolute atomic E-state index is 0. The molecule has 0 spiro atoms. The van der Waals surface area contributed by atoms with Crippen LogP contribution in [0.25, 0.3) is 0 Å². The van der Waals surface area contributed by atoms with Crippen molar-refractivity contribution in [2.75, 3.05) is 0 Å². The van der Waals surface area contributed by atoms with Gasteiger partial charge in [0, 0.05) is 12.4 Å². The van der Waals surface area contributed by atoms with E-state index in [1.165, 1.54) is 11.8 Å². The first kappa shape index (κ1) is 17.7. The van der Waals surface area contributed by atoms with Crippen LogP contribution in [0.2, 0.25) is 0 Å². The van der Waals surface area contributed by atoms with Crippen LogP contribution in [0, 0.1) is 0 Å². The summed E-state index contributed by atoms with van der Waals surface area (Å²) in [4.78, 5) is 19.7. The van der Waals surface area contributed by atoms with Gasteiger partial charge in [-0.2, -0.15) is 0 Å². The highest BCUT2D eigenvalue weighted by atomic mass is 35.5. The second-order valence-electron chi connectivity index (χ2n) is 3.32. The van der Waals surface area contributed by atoms with Gasteiger partial charge < -0.3 is 5.73 Å². The molecule has 2 rings (SSSR count). The van der Waals surface area contributed by atoms with Crippen LogP contribution in [0.5, 0.6) is 0 Å². The van der Waals surface area contributed by atoms with E-state index in [0.717, 1.165) is 5.03 Å². The van der Waals surface area contributed by atoms with Crippen LogP contribution >= 0.6 is 36.6 Å². The van der Waals surface area contributed by atoms with Gasteiger partial charge in [0.15, 0.2) is 0 Å². The molecule has 0 fully saturated rings. The van der Waals surface area contributed by atoms with Crippen molar-refractivity contribution in [1.29, 1.82) is 0 Å². The Bertz CT molecular complexity index is 499. The standard InChI is InChI=1S/C12H11N3OS.2ClH/c13-12(16)11(9-5-1-3-7-14-9)17-10-6-2-4-8-15-10;;/h1-8,11H,(H2,13,16);2*1H. The van der Waals surface area contributed by atoms with Crippen molar-refractivity contribution in [2.45, 2.75) is 10.3 Å². The quantitative estimate of drug-likeness (QED) is 0.880. The second-order valence-corrected chi connectivity index (χ2v) is 4.45. The Hall–Kier alpha value is -1.30. The van der Waals surface area contributed by atoms with E-state index in [9.17, 15) is 4.79 Å². The molecule has 2 aromatic rings. The molecule has 1 atom stereocenters. The summed E-state index contributed by atoms with van der Waals surface area (Å²) in [7, 11) is 0. The number of pyridine rings is 2. The molecular weight excluding hydrogens is 305 g/mol. The van der Waals surface area contributed by atoms with E-state index in [4.69, 9.17) is 5.73 Å². The van der Waals surface area contributed by atoms with Crippen molar-refractivity contribution in [3.05, 3.63) is 54.5 Å². The normalized spacial score (nSPS) is 10.7. The first-order chi connectivity index (χ1) is 8.27. The molecule has 102 valence electrons. The van der Waals surface area contributed by atoms with Crippen molar-refractivity contribution in [3.8, 4) is 0 Å². The fourth-order valence-electron chi connectivity index (χ4n) is 1.33. The maximum absolute atomic E-state index is 11.4. The van der Waals surface area contributed by atoms with Crippen LogP contribution in [0.1, 0.15) is 10.9 Å². The maximum atomic E-state index is 11.4. The average molecular weight is 318 g/mol. The zero-order valence-corrected chi connectivity index (χ0v) is 12.3. The lowest BCUT2D eigenvalue weighted by atomic mass is 10.2. The lowest BCUT2D eigenvalue weighted by molar-refractivity contribution is -0.117. The molecule has 7 heteroatoms. The van der Waals surface area contributed by atoms with Gasteiger partial charge in [-0.15, -0.1) is 24.8 Å². The van der Waals surface area contributed by atoms with Gasteiger partial charge in [-0.25, -0.2) is 4.98 Å². The van der Waals surface area contributed by atoms with Crippen molar-refractivity contribution in [3.63, 3.8) is 0 Å². The highest BCUT2D eigenvalue weighted by Gasteiger charge is 2.20. The molecule has 2 aromatic heterocycles. The average Bonchev–Trinajstić information content (AvgIpc) is 2.38. The molecule has 19 heavy (non-hydrogen) atoms. The smallest absolute Gasteiger partial charge is 0.237 e. The summed E-state index contributed by atoms with van der Waals surface area (Å²) in [6.07, 6.45) is 3.32. The number of primary amides is 1. The Labute approximate surface area is 128 Å². The third-order valence-corrected chi connectivity index (χ3v) is 3.28. The molecule has 0 bridgehead atoms. The van der Waals surface area contributed by atoms with Crippen LogP contribution in [-0.2, 0) is 4.79 Å². The molecule has 1 amide bonds. The van der Waals surface area contributed by atoms with Crippen LogP contribution in [0.4, 0.5) is 0 Å². The van der Waals surface area contributed by atoms with Gasteiger partial charge in [0.25, 0.3) is 0 Å². The molecule has 0 saturated carbocycles. The minimum Gasteiger partial charge on any atom is -0.368 e. The number of nitrogens with two attached hydrogens (primary N) is 1. The van der Waals surface area contributed by atoms with Gasteiger partial charge in [-0.1, -0.05) is 23.9 Å². The van der Waals surface area contributed by atoms with Gasteiger partial charge in [0.05, 0.1) is 10.7 Å². The number of hydrogen-bond acceptors (Lipinski definition) is 4. The summed E-state index contributed by atoms with van der Waals surface area (Å²) >= 11 is 1.30. The Morgan fingerprint density at radius 3 is 2.16 bits per heavy atom. The molecule has 0 aliphatic carbocycles. The summed E-state index contributed by atoms with van der Waals surface area (Å²) in [5.41, 5.74) is 6.04. The zero-order valence-electron chi connectivity index (χ0n) is 9.80. The van der Waals surface area contributed by atoms with E-state index < -0.39 is 11.2 Å². The molecule has 0 saturated heterocycles. The number of halogens is 2. The zero-order chi connectivity index (χ0) is 12.1. The third kappa shape index (κ3) is 5.06. The van der Waals surface area contributed by atoms with Crippen molar-refractivity contribution >= 4 is 42.5 Å². The molecule has 0 radical (unpaired) electrons. The first-order valence-electron chi connectivity index (χ1n) is 5.05. The summed E-state index contributed by atoms with van der Waals surface area (Å²) in [6, 6.07) is 10.9. The Morgan fingerprint density at radius 1 is 1.05 bits per heavy atom. The Balaban J connectivity index is 0.00000162. The highest BCUT2D eigenvalue weighted by molar-refractivity contribution is 8.00. The van der Waals surface area contributed by atoms with Gasteiger partial charge in [-0.05, 0) is 24.3 Å². The first-order valence-corrected chi connectivity index (χ1v) is 5.93. The summed E-state index contributed by atoms with van der Waals surface area (Å²) in [6.45, 7) is 0. The Kier molecular flexibility index (Phi) is 8.14. The van der Waals surface area contributed by atoms with E-state index in [1.54, 1.807) is 24.5 Å². The summed E-state index contributed by atoms with van der Waals surface area (Å²) in [5, 5.41) is 0.244. The molecule has 4 nitrogen and oxygen atoms in total. The van der Waals surface area contributed by atoms with E-state index >= 15 is 0 Å². The van der Waals surface area contributed by atoms with E-state index in [2.05, 4.69) is 9.97 Å². The molecule has 0 aromatic carbocycles. The summed E-state index contributed by atoms with van der Waals surface area (Å²) in [5.74, 6) is -0.417. The van der Waals surface area contributed by atoms with E-state index in [1.807, 2.05) is 24.3 Å². The van der Waals surface area contributed by atoms with Crippen LogP contribution < -0.4 is 5.73 Å². The fourth-order valence-corrected chi connectivity index (χ4v) is 2.23. The number of rotatable bonds is 4. The van der Waals surface area contributed by atoms with Gasteiger partial charge in [0.2, 0.25) is 5.91 Å². The predicted octanol–water partition coefficient (Wildman–Crippen LogP) is 2.64. The molecule has 2 N–H and O–H groups in total. The molecule has 0 aliphatic heterocycles. The topological polar surface area (TPSA) is 68.9 Å². The number of hydrogen-bond donors (Lipinski definition) is 1. The van der Waals surface area contributed by atoms with Crippen molar-refractivity contribution in [1.82, 2.24) is 9.97 Å². The number of carbonyl (C=O) groups excluding carboxylic acids is 1. The minimum atomic E-state index is -0.508. The van der Waals surface area contributed by atoms with Gasteiger partial charge in [-0.3, -0.25) is 9.78 Å². The monoisotopic (exact) mass is 317 g/mol. The van der Waals surface area contributed by atoms with E-state index in [-0.39, 0.29) is 24.8 Å². The number of nitrogens with zero attached hydrogens (tertiary/aromatic N) is 2. The third-order valence-electron chi connectivity index (χ3n) is 2.09. The highest BCUT2D eigenvalue weighted by Crippen LogP contribution is 2.32. The number of carbonyl (C=O) groups is 1. The number of aromatic nitrogens is 2. The Morgan fingerprint density at radius 2 is 1.68 bits per heavy atom. The van der Waals surface area contributed by atoms with Crippen LogP contribution in [0.15, 0.2) is 53.8 Å². The van der Waals surface area contributed by atoms with Crippen molar-refractivity contribution < 1.29 is 4.79 Å². The summed E-state index contributed by atoms with van der Waals surface area (Å²) < 4.78 is 0. The second kappa shape index (κ2) is 8.74. The fraction of sp³-hybridized carbons (Fsp3) is 0.0833. The van der Waals surface area contributed by atoms with Crippen molar-refractivity contribution in [2.24, 2.45) is 5.73 Å². The number of amides is 1. The maximum Gasteiger partial charge on any atom is 0.237 e. The lowest BCUT2D eigenvalue weighted by Crippen LogP contribution is -2.19. The SMILES string of the molecule is Cl.Cl.NC(=O)C(Sc1ccccn1)c1ccccn1. The number of thioether (sulfide) groups is 1. The lowest BCUT2D eigenvalue weighted by Gasteiger charge is -2.11. The predicted molar refractivity (Wildman–Crippen MR) is 80.8 cm³/mol. The molecule has 1 unspecified atom stereocenters. The van der Waals surface area contributed by atoms with E-state index in [0.29, 0.717) is 5.69 Å². The molecule has 2 heterocycles.